The number of nitrogens with zero attached hydrogens (tertiary/aromatic N) is 1. The molecule has 0 saturated heterocycles. The molecule has 3 nitrogen and oxygen atoms in total. The molecule has 0 bridgehead atoms. The number of hydrogen-bond acceptors (Lipinski definition) is 3. The first-order chi connectivity index (χ1) is 6.15. The van der Waals surface area contributed by atoms with Crippen molar-refractivity contribution in [1.29, 1.82) is 0 Å². The maximum Gasteiger partial charge on any atom is 0.171 e. The Labute approximate surface area is 83.0 Å². The van der Waals surface area contributed by atoms with Gasteiger partial charge < -0.3 is 10.2 Å². The van der Waals surface area contributed by atoms with E-state index in [4.69, 9.17) is 21.8 Å². The van der Waals surface area contributed by atoms with Gasteiger partial charge in [-0.15, -0.1) is 0 Å². The number of aliphatic hydroxyl groups excluding tert-OH is 1. The Hall–Kier alpha value is -0.800. The summed E-state index contributed by atoms with van der Waals surface area (Å²) in [5, 5.41) is 17.9. The van der Waals surface area contributed by atoms with Crippen molar-refractivity contribution in [2.75, 3.05) is 0 Å². The summed E-state index contributed by atoms with van der Waals surface area (Å²) in [4.78, 5) is 3.80. The van der Waals surface area contributed by atoms with Crippen LogP contribution in [0.25, 0.3) is 0 Å². The highest BCUT2D eigenvalue weighted by Gasteiger charge is 2.04. The number of aromatic hydroxyl groups is 1. The molecule has 13 heavy (non-hydrogen) atoms. The predicted octanol–water partition coefficient (Wildman–Crippen LogP) is 2.27. The summed E-state index contributed by atoms with van der Waals surface area (Å²) in [6.07, 6.45) is 0. The molecule has 0 fully saturated rings. The van der Waals surface area contributed by atoms with Crippen molar-refractivity contribution in [3.8, 4) is 5.75 Å². The highest BCUT2D eigenvalue weighted by atomic mass is 35.5. The van der Waals surface area contributed by atoms with Gasteiger partial charge in [-0.2, -0.15) is 0 Å². The predicted molar refractivity (Wildman–Crippen MR) is 52.9 cm³/mol. The highest BCUT2D eigenvalue weighted by molar-refractivity contribution is 6.30. The average molecular weight is 204 g/mol. The van der Waals surface area contributed by atoms with Gasteiger partial charge in [0.05, 0.1) is 6.61 Å². The van der Waals surface area contributed by atoms with Crippen LogP contribution in [0.1, 0.15) is 25.1 Å². The van der Waals surface area contributed by atoms with Gasteiger partial charge in [-0.25, -0.2) is 4.98 Å². The summed E-state index contributed by atoms with van der Waals surface area (Å²) in [6, 6.07) is 1.41. The summed E-state index contributed by atoms with van der Waals surface area (Å²) in [6.45, 7) is 5.58. The zero-order chi connectivity index (χ0) is 10.4. The van der Waals surface area contributed by atoms with E-state index in [0.717, 1.165) is 0 Å². The Morgan fingerprint density at radius 2 is 2.00 bits per heavy atom. The van der Waals surface area contributed by atoms with Crippen LogP contribution in [0.2, 0.25) is 5.15 Å². The number of halogens is 1. The van der Waals surface area contributed by atoms with Crippen molar-refractivity contribution >= 4 is 11.6 Å². The Kier molecular flexibility index (Phi) is 5.42. The second-order valence-electron chi connectivity index (χ2n) is 2.20. The van der Waals surface area contributed by atoms with Crippen molar-refractivity contribution in [3.63, 3.8) is 0 Å². The summed E-state index contributed by atoms with van der Waals surface area (Å²) < 4.78 is 0. The topological polar surface area (TPSA) is 53.4 Å². The van der Waals surface area contributed by atoms with E-state index in [9.17, 15) is 0 Å². The van der Waals surface area contributed by atoms with E-state index in [-0.39, 0.29) is 17.5 Å². The van der Waals surface area contributed by atoms with Crippen molar-refractivity contribution in [2.45, 2.75) is 27.4 Å². The van der Waals surface area contributed by atoms with Crippen LogP contribution in [0, 0.1) is 6.92 Å². The smallest absolute Gasteiger partial charge is 0.171 e. The van der Waals surface area contributed by atoms with E-state index >= 15 is 0 Å². The van der Waals surface area contributed by atoms with Gasteiger partial charge in [0.1, 0.15) is 0 Å². The van der Waals surface area contributed by atoms with Crippen LogP contribution >= 0.6 is 11.6 Å². The molecule has 0 aliphatic heterocycles. The fourth-order valence-corrected chi connectivity index (χ4v) is 0.947. The van der Waals surface area contributed by atoms with Crippen LogP contribution in [0.15, 0.2) is 6.07 Å². The van der Waals surface area contributed by atoms with E-state index < -0.39 is 0 Å². The molecule has 1 rings (SSSR count). The Morgan fingerprint density at radius 3 is 2.46 bits per heavy atom. The minimum absolute atomic E-state index is 0.0692. The van der Waals surface area contributed by atoms with E-state index in [0.29, 0.717) is 11.3 Å². The summed E-state index contributed by atoms with van der Waals surface area (Å²) in [5.41, 5.74) is 1.22. The largest absolute Gasteiger partial charge is 0.505 e. The molecule has 74 valence electrons. The van der Waals surface area contributed by atoms with Crippen molar-refractivity contribution < 1.29 is 10.2 Å². The molecule has 1 aromatic rings. The van der Waals surface area contributed by atoms with Gasteiger partial charge in [0, 0.05) is 11.3 Å². The molecule has 4 heteroatoms. The molecule has 0 aliphatic carbocycles. The average Bonchev–Trinajstić information content (AvgIpc) is 2.15. The van der Waals surface area contributed by atoms with Gasteiger partial charge >= 0.3 is 0 Å². The molecule has 1 heterocycles. The first-order valence-electron chi connectivity index (χ1n) is 4.11. The second-order valence-corrected chi connectivity index (χ2v) is 2.56. The van der Waals surface area contributed by atoms with E-state index in [1.165, 1.54) is 6.07 Å². The lowest BCUT2D eigenvalue weighted by Gasteiger charge is -2.02. The minimum Gasteiger partial charge on any atom is -0.505 e. The van der Waals surface area contributed by atoms with Gasteiger partial charge in [-0.3, -0.25) is 0 Å². The standard InChI is InChI=1S/C7H8ClNO2.C2H6/c1-4-5(3-10)2-6(11)7(8)9-4;1-2/h2,10-11H,3H2,1H3;1-2H3. The van der Waals surface area contributed by atoms with Crippen LogP contribution in [-0.2, 0) is 6.61 Å². The third-order valence-electron chi connectivity index (χ3n) is 1.42. The Bertz CT molecular complexity index is 277. The quantitative estimate of drug-likeness (QED) is 0.689. The van der Waals surface area contributed by atoms with E-state index in [1.54, 1.807) is 6.92 Å². The summed E-state index contributed by atoms with van der Waals surface area (Å²) in [5.74, 6) is -0.0960. The number of aryl methyl sites for hydroxylation is 1. The van der Waals surface area contributed by atoms with Gasteiger partial charge in [0.25, 0.3) is 0 Å². The molecule has 2 N–H and O–H groups in total. The molecule has 0 amide bonds. The zero-order valence-corrected chi connectivity index (χ0v) is 8.76. The number of rotatable bonds is 1. The highest BCUT2D eigenvalue weighted by Crippen LogP contribution is 2.22. The lowest BCUT2D eigenvalue weighted by Crippen LogP contribution is -1.92. The number of pyridine rings is 1. The minimum atomic E-state index is -0.135. The molecular weight excluding hydrogens is 190 g/mol. The number of hydrogen-bond donors (Lipinski definition) is 2. The maximum absolute atomic E-state index is 9.05. The molecular formula is C9H14ClNO2. The lowest BCUT2D eigenvalue weighted by atomic mass is 10.2. The molecule has 1 aromatic heterocycles. The molecule has 0 saturated carbocycles. The van der Waals surface area contributed by atoms with Crippen molar-refractivity contribution in [2.24, 2.45) is 0 Å². The SMILES string of the molecule is CC.Cc1nc(Cl)c(O)cc1CO. The zero-order valence-electron chi connectivity index (χ0n) is 8.00. The third-order valence-corrected chi connectivity index (χ3v) is 1.70. The fraction of sp³-hybridized carbons (Fsp3) is 0.444. The number of aromatic nitrogens is 1. The Balaban J connectivity index is 0.000000671. The molecule has 0 aliphatic rings. The van der Waals surface area contributed by atoms with Crippen LogP contribution in [0.4, 0.5) is 0 Å². The molecule has 0 aromatic carbocycles. The third kappa shape index (κ3) is 3.20. The molecule has 0 spiro atoms. The van der Waals surface area contributed by atoms with Gasteiger partial charge in [-0.1, -0.05) is 25.4 Å². The Morgan fingerprint density at radius 1 is 1.46 bits per heavy atom. The first kappa shape index (κ1) is 12.2. The molecule has 0 atom stereocenters. The van der Waals surface area contributed by atoms with Gasteiger partial charge in [-0.05, 0) is 13.0 Å². The maximum atomic E-state index is 9.05. The van der Waals surface area contributed by atoms with Crippen LogP contribution in [0.5, 0.6) is 5.75 Å². The van der Waals surface area contributed by atoms with Crippen LogP contribution in [0.3, 0.4) is 0 Å². The van der Waals surface area contributed by atoms with Crippen molar-refractivity contribution in [3.05, 3.63) is 22.5 Å². The monoisotopic (exact) mass is 203 g/mol. The lowest BCUT2D eigenvalue weighted by molar-refractivity contribution is 0.279. The summed E-state index contributed by atoms with van der Waals surface area (Å²) in [7, 11) is 0. The van der Waals surface area contributed by atoms with Crippen molar-refractivity contribution in [1.82, 2.24) is 4.98 Å². The number of aliphatic hydroxyl groups is 1. The molecule has 0 radical (unpaired) electrons. The van der Waals surface area contributed by atoms with E-state index in [2.05, 4.69) is 4.98 Å². The van der Waals surface area contributed by atoms with Gasteiger partial charge in [0.2, 0.25) is 0 Å². The van der Waals surface area contributed by atoms with Gasteiger partial charge in [0.15, 0.2) is 10.9 Å². The second kappa shape index (κ2) is 5.78. The van der Waals surface area contributed by atoms with Crippen LogP contribution in [-0.4, -0.2) is 15.2 Å². The normalized spacial score (nSPS) is 9.00. The van der Waals surface area contributed by atoms with Crippen LogP contribution < -0.4 is 0 Å². The summed E-state index contributed by atoms with van der Waals surface area (Å²) >= 11 is 5.50. The first-order valence-corrected chi connectivity index (χ1v) is 4.48. The fourth-order valence-electron chi connectivity index (χ4n) is 0.765. The van der Waals surface area contributed by atoms with E-state index in [1.807, 2.05) is 13.8 Å². The molecule has 0 unspecified atom stereocenters.